The number of rotatable bonds is 6. The highest BCUT2D eigenvalue weighted by atomic mass is 35.5. The predicted octanol–water partition coefficient (Wildman–Crippen LogP) is 7.84. The molecule has 12 heteroatoms. The summed E-state index contributed by atoms with van der Waals surface area (Å²) in [6, 6.07) is 20.0. The van der Waals surface area contributed by atoms with Crippen molar-refractivity contribution in [3.63, 3.8) is 0 Å². The van der Waals surface area contributed by atoms with Crippen LogP contribution in [0.2, 0.25) is 5.02 Å². The van der Waals surface area contributed by atoms with Gasteiger partial charge in [0.25, 0.3) is 0 Å². The maximum atomic E-state index is 12.4. The average Bonchev–Trinajstić information content (AvgIpc) is 3.33. The van der Waals surface area contributed by atoms with Crippen molar-refractivity contribution in [1.29, 1.82) is 0 Å². The number of fused-ring (bicyclic) bond motifs is 3. The van der Waals surface area contributed by atoms with E-state index in [-0.39, 0.29) is 5.75 Å². The molecule has 198 valence electrons. The number of hydrogen-bond donors (Lipinski definition) is 2. The second kappa shape index (κ2) is 10.9. The smallest absolute Gasteiger partial charge is 0.406 e. The number of anilines is 1. The lowest BCUT2D eigenvalue weighted by Crippen LogP contribution is -2.22. The number of carbonyl (C=O) groups is 1. The molecule has 1 aromatic heterocycles. The van der Waals surface area contributed by atoms with Crippen LogP contribution in [-0.2, 0) is 0 Å². The average molecular weight is 570 g/mol. The molecule has 39 heavy (non-hydrogen) atoms. The van der Waals surface area contributed by atoms with Gasteiger partial charge in [-0.1, -0.05) is 35.9 Å². The zero-order chi connectivity index (χ0) is 27.6. The van der Waals surface area contributed by atoms with Gasteiger partial charge in [0, 0.05) is 28.0 Å². The maximum Gasteiger partial charge on any atom is 0.573 e. The molecule has 1 heterocycles. The molecule has 0 aliphatic carbocycles. The van der Waals surface area contributed by atoms with Crippen molar-refractivity contribution in [2.75, 3.05) is 5.32 Å². The Morgan fingerprint density at radius 3 is 2.67 bits per heavy atom. The first-order valence-corrected chi connectivity index (χ1v) is 12.6. The van der Waals surface area contributed by atoms with Crippen LogP contribution in [0.3, 0.4) is 0 Å². The second-order valence-electron chi connectivity index (χ2n) is 8.36. The van der Waals surface area contributed by atoms with Gasteiger partial charge in [-0.05, 0) is 72.0 Å². The zero-order valence-corrected chi connectivity index (χ0v) is 21.7. The Kier molecular flexibility index (Phi) is 7.36. The lowest BCUT2D eigenvalue weighted by molar-refractivity contribution is -0.274. The highest BCUT2D eigenvalue weighted by Crippen LogP contribution is 2.29. The van der Waals surface area contributed by atoms with Crippen LogP contribution >= 0.6 is 23.7 Å². The third-order valence-corrected chi connectivity index (χ3v) is 6.71. The van der Waals surface area contributed by atoms with Crippen LogP contribution in [0.1, 0.15) is 11.1 Å². The normalized spacial score (nSPS) is 11.8. The Morgan fingerprint density at radius 2 is 1.90 bits per heavy atom. The standard InChI is InChI=1S/C27H19ClF3N5O2S/c1-16-22(28)3-2-4-23(16)34-26(37)35-39-33-14-17-5-11-21-18(13-17)6-12-24-25(21)32-15-36(24)19-7-9-20(10-8-19)38-27(29,30)31/h2-15H,1H3,(H2,34,35,37)/b33-14+. The number of hydrogen-bond acceptors (Lipinski definition) is 5. The summed E-state index contributed by atoms with van der Waals surface area (Å²) >= 11 is 6.96. The highest BCUT2D eigenvalue weighted by Gasteiger charge is 2.31. The van der Waals surface area contributed by atoms with E-state index in [2.05, 4.69) is 24.2 Å². The largest absolute Gasteiger partial charge is 0.573 e. The van der Waals surface area contributed by atoms with Crippen molar-refractivity contribution in [3.8, 4) is 11.4 Å². The second-order valence-corrected chi connectivity index (χ2v) is 9.37. The predicted molar refractivity (Wildman–Crippen MR) is 149 cm³/mol. The SMILES string of the molecule is Cc1c(Cl)cccc1NC(=O)NS/N=C/c1ccc2c(ccc3c2ncn3-c2ccc(OC(F)(F)F)cc2)c1. The van der Waals surface area contributed by atoms with E-state index in [1.165, 1.54) is 24.3 Å². The number of amides is 2. The molecular formula is C27H19ClF3N5O2S. The molecule has 0 fully saturated rings. The van der Waals surface area contributed by atoms with Gasteiger partial charge >= 0.3 is 12.4 Å². The van der Waals surface area contributed by atoms with E-state index >= 15 is 0 Å². The summed E-state index contributed by atoms with van der Waals surface area (Å²) in [5, 5.41) is 5.12. The van der Waals surface area contributed by atoms with Crippen LogP contribution in [0.5, 0.6) is 5.75 Å². The molecule has 2 N–H and O–H groups in total. The third kappa shape index (κ3) is 6.10. The first-order valence-electron chi connectivity index (χ1n) is 11.5. The molecule has 0 bridgehead atoms. The molecule has 5 rings (SSSR count). The number of alkyl halides is 3. The molecule has 0 saturated carbocycles. The summed E-state index contributed by atoms with van der Waals surface area (Å²) in [5.74, 6) is -0.291. The lowest BCUT2D eigenvalue weighted by Gasteiger charge is -2.10. The first-order chi connectivity index (χ1) is 18.7. The van der Waals surface area contributed by atoms with E-state index < -0.39 is 12.4 Å². The van der Waals surface area contributed by atoms with Gasteiger partial charge in [-0.25, -0.2) is 14.2 Å². The number of imidazole rings is 1. The van der Waals surface area contributed by atoms with Crippen molar-refractivity contribution in [2.24, 2.45) is 4.40 Å². The summed E-state index contributed by atoms with van der Waals surface area (Å²) in [6.07, 6.45) is -1.49. The van der Waals surface area contributed by atoms with E-state index in [1.807, 2.05) is 37.3 Å². The Hall–Kier alpha value is -4.22. The fourth-order valence-corrected chi connectivity index (χ4v) is 4.50. The molecule has 0 aliphatic heterocycles. The molecule has 0 saturated heterocycles. The van der Waals surface area contributed by atoms with Crippen molar-refractivity contribution < 1.29 is 22.7 Å². The van der Waals surface area contributed by atoms with Gasteiger partial charge in [0.2, 0.25) is 0 Å². The van der Waals surface area contributed by atoms with Crippen LogP contribution in [0.15, 0.2) is 83.5 Å². The molecule has 0 spiro atoms. The van der Waals surface area contributed by atoms with Crippen LogP contribution < -0.4 is 14.8 Å². The number of ether oxygens (including phenoxy) is 1. The van der Waals surface area contributed by atoms with E-state index in [9.17, 15) is 18.0 Å². The quantitative estimate of drug-likeness (QED) is 0.161. The third-order valence-electron chi connectivity index (χ3n) is 5.81. The minimum absolute atomic E-state index is 0.291. The topological polar surface area (TPSA) is 80.5 Å². The fourth-order valence-electron chi connectivity index (χ4n) is 3.97. The van der Waals surface area contributed by atoms with Crippen molar-refractivity contribution in [3.05, 3.63) is 95.3 Å². The molecule has 0 unspecified atom stereocenters. The van der Waals surface area contributed by atoms with Gasteiger partial charge < -0.3 is 10.1 Å². The van der Waals surface area contributed by atoms with Gasteiger partial charge in [-0.3, -0.25) is 9.29 Å². The number of urea groups is 1. The number of halogens is 4. The van der Waals surface area contributed by atoms with E-state index in [1.54, 1.807) is 35.3 Å². The minimum atomic E-state index is -4.74. The number of aromatic nitrogens is 2. The van der Waals surface area contributed by atoms with Crippen molar-refractivity contribution >= 4 is 63.5 Å². The van der Waals surface area contributed by atoms with Crippen LogP contribution in [0.25, 0.3) is 27.5 Å². The molecule has 5 aromatic rings. The van der Waals surface area contributed by atoms with Gasteiger partial charge in [0.05, 0.1) is 23.2 Å². The van der Waals surface area contributed by atoms with Crippen LogP contribution in [-0.4, -0.2) is 28.2 Å². The molecule has 0 aliphatic rings. The molecule has 0 radical (unpaired) electrons. The van der Waals surface area contributed by atoms with Gasteiger partial charge in [0.1, 0.15) is 12.1 Å². The van der Waals surface area contributed by atoms with Gasteiger partial charge in [-0.15, -0.1) is 13.2 Å². The minimum Gasteiger partial charge on any atom is -0.406 e. The summed E-state index contributed by atoms with van der Waals surface area (Å²) in [6.45, 7) is 1.82. The number of nitrogens with zero attached hydrogens (tertiary/aromatic N) is 3. The summed E-state index contributed by atoms with van der Waals surface area (Å²) < 4.78 is 49.9. The molecule has 4 aromatic carbocycles. The summed E-state index contributed by atoms with van der Waals surface area (Å²) in [7, 11) is 0. The monoisotopic (exact) mass is 569 g/mol. The Morgan fingerprint density at radius 1 is 1.10 bits per heavy atom. The Bertz CT molecular complexity index is 1700. The van der Waals surface area contributed by atoms with Crippen molar-refractivity contribution in [1.82, 2.24) is 14.3 Å². The molecule has 7 nitrogen and oxygen atoms in total. The highest BCUT2D eigenvalue weighted by molar-refractivity contribution is 7.96. The van der Waals surface area contributed by atoms with Gasteiger partial charge in [-0.2, -0.15) is 0 Å². The number of carbonyl (C=O) groups excluding carboxylic acids is 1. The van der Waals surface area contributed by atoms with Crippen molar-refractivity contribution in [2.45, 2.75) is 13.3 Å². The van der Waals surface area contributed by atoms with Gasteiger partial charge in [0.15, 0.2) is 0 Å². The Labute approximate surface area is 229 Å². The maximum absolute atomic E-state index is 12.4. The summed E-state index contributed by atoms with van der Waals surface area (Å²) in [4.78, 5) is 16.7. The Balaban J connectivity index is 1.27. The fraction of sp³-hybridized carbons (Fsp3) is 0.0741. The van der Waals surface area contributed by atoms with E-state index in [0.717, 1.165) is 45.1 Å². The van der Waals surface area contributed by atoms with E-state index in [0.29, 0.717) is 16.4 Å². The lowest BCUT2D eigenvalue weighted by atomic mass is 10.1. The van der Waals surface area contributed by atoms with Crippen LogP contribution in [0.4, 0.5) is 23.7 Å². The number of nitrogens with one attached hydrogen (secondary N) is 2. The van der Waals surface area contributed by atoms with Crippen LogP contribution in [0, 0.1) is 6.92 Å². The molecule has 2 amide bonds. The zero-order valence-electron chi connectivity index (χ0n) is 20.2. The first kappa shape index (κ1) is 26.4. The summed E-state index contributed by atoms with van der Waals surface area (Å²) in [5.41, 5.74) is 4.40. The molecular weight excluding hydrogens is 551 g/mol. The molecule has 0 atom stereocenters. The van der Waals surface area contributed by atoms with E-state index in [4.69, 9.17) is 11.6 Å². The number of benzene rings is 4.